The number of benzene rings is 1. The van der Waals surface area contributed by atoms with Crippen molar-refractivity contribution in [2.75, 3.05) is 21.0 Å². The van der Waals surface area contributed by atoms with Crippen molar-refractivity contribution in [3.63, 3.8) is 0 Å². The molecule has 1 aromatic carbocycles. The lowest BCUT2D eigenvalue weighted by Gasteiger charge is -2.11. The smallest absolute Gasteiger partial charge is 0.188 e. The van der Waals surface area contributed by atoms with Gasteiger partial charge in [0.05, 0.1) is 13.4 Å². The van der Waals surface area contributed by atoms with Crippen LogP contribution in [-0.4, -0.2) is 27.3 Å². The minimum Gasteiger partial charge on any atom is -0.497 e. The summed E-state index contributed by atoms with van der Waals surface area (Å²) in [6.45, 7) is 0.106. The summed E-state index contributed by atoms with van der Waals surface area (Å²) in [6, 6.07) is 7.04. The van der Waals surface area contributed by atoms with E-state index in [2.05, 4.69) is 0 Å². The van der Waals surface area contributed by atoms with Gasteiger partial charge in [0, 0.05) is 24.3 Å². The summed E-state index contributed by atoms with van der Waals surface area (Å²) in [5, 5.41) is 0. The summed E-state index contributed by atoms with van der Waals surface area (Å²) in [5.74, 6) is 1.48. The monoisotopic (exact) mass is 262 g/mol. The summed E-state index contributed by atoms with van der Waals surface area (Å²) >= 11 is 0. The van der Waals surface area contributed by atoms with E-state index < -0.39 is 0 Å². The lowest BCUT2D eigenvalue weighted by atomic mass is 10.1. The van der Waals surface area contributed by atoms with Crippen molar-refractivity contribution >= 4 is 6.29 Å². The zero-order chi connectivity index (χ0) is 13.7. The van der Waals surface area contributed by atoms with Crippen LogP contribution in [-0.2, 0) is 4.74 Å². The van der Waals surface area contributed by atoms with E-state index in [1.807, 2.05) is 6.07 Å². The van der Waals surface area contributed by atoms with Crippen molar-refractivity contribution in [3.05, 3.63) is 36.3 Å². The van der Waals surface area contributed by atoms with E-state index in [0.717, 1.165) is 5.56 Å². The molecular weight excluding hydrogens is 248 g/mol. The molecule has 2 rings (SSSR count). The number of rotatable bonds is 6. The van der Waals surface area contributed by atoms with Crippen LogP contribution < -0.4 is 9.47 Å². The third-order valence-corrected chi connectivity index (χ3v) is 2.61. The van der Waals surface area contributed by atoms with Crippen molar-refractivity contribution in [1.82, 2.24) is 0 Å². The lowest BCUT2D eigenvalue weighted by Crippen LogP contribution is -2.01. The number of furan rings is 1. The van der Waals surface area contributed by atoms with Gasteiger partial charge in [-0.15, -0.1) is 0 Å². The van der Waals surface area contributed by atoms with Crippen LogP contribution in [0.15, 0.2) is 34.9 Å². The first-order valence-corrected chi connectivity index (χ1v) is 5.63. The molecule has 0 aliphatic rings. The zero-order valence-corrected chi connectivity index (χ0v) is 10.7. The fraction of sp³-hybridized carbons (Fsp3) is 0.214. The maximum atomic E-state index is 10.9. The average Bonchev–Trinajstić information content (AvgIpc) is 2.92. The van der Waals surface area contributed by atoms with Crippen molar-refractivity contribution in [2.45, 2.75) is 0 Å². The number of hydrogen-bond donors (Lipinski definition) is 0. The first-order valence-electron chi connectivity index (χ1n) is 5.63. The topological polar surface area (TPSA) is 57.9 Å². The molecule has 1 aromatic heterocycles. The number of carbonyl (C=O) groups is 1. The molecule has 0 aliphatic heterocycles. The molecule has 0 unspecified atom stereocenters. The molecule has 0 N–H and O–H groups in total. The van der Waals surface area contributed by atoms with Gasteiger partial charge >= 0.3 is 0 Å². The van der Waals surface area contributed by atoms with Crippen LogP contribution >= 0.6 is 0 Å². The third-order valence-electron chi connectivity index (χ3n) is 2.61. The molecule has 0 amide bonds. The van der Waals surface area contributed by atoms with Gasteiger partial charge in [0.15, 0.2) is 18.8 Å². The Balaban J connectivity index is 2.46. The highest BCUT2D eigenvalue weighted by Gasteiger charge is 2.14. The number of carbonyl (C=O) groups excluding carboxylic acids is 1. The molecular formula is C14H14O5. The van der Waals surface area contributed by atoms with Crippen molar-refractivity contribution < 1.29 is 23.4 Å². The average molecular weight is 262 g/mol. The largest absolute Gasteiger partial charge is 0.497 e. The van der Waals surface area contributed by atoms with Crippen molar-refractivity contribution in [2.24, 2.45) is 0 Å². The van der Waals surface area contributed by atoms with Gasteiger partial charge in [0.1, 0.15) is 11.5 Å². The van der Waals surface area contributed by atoms with Crippen molar-refractivity contribution in [3.8, 4) is 22.6 Å². The molecule has 5 heteroatoms. The molecule has 0 spiro atoms. The van der Waals surface area contributed by atoms with Crippen LogP contribution in [0.1, 0.15) is 10.6 Å². The van der Waals surface area contributed by atoms with Crippen LogP contribution in [0.2, 0.25) is 0 Å². The Labute approximate surface area is 110 Å². The van der Waals surface area contributed by atoms with Crippen LogP contribution in [0.5, 0.6) is 11.5 Å². The van der Waals surface area contributed by atoms with Gasteiger partial charge in [-0.1, -0.05) is 0 Å². The van der Waals surface area contributed by atoms with Gasteiger partial charge < -0.3 is 18.6 Å². The highest BCUT2D eigenvalue weighted by molar-refractivity contribution is 5.86. The predicted molar refractivity (Wildman–Crippen MR) is 68.6 cm³/mol. The second kappa shape index (κ2) is 6.06. The van der Waals surface area contributed by atoms with Gasteiger partial charge in [-0.3, -0.25) is 4.79 Å². The molecule has 0 atom stereocenters. The summed E-state index contributed by atoms with van der Waals surface area (Å²) in [5.41, 5.74) is 1.41. The van der Waals surface area contributed by atoms with Gasteiger partial charge in [-0.2, -0.15) is 0 Å². The fourth-order valence-electron chi connectivity index (χ4n) is 1.73. The highest BCUT2D eigenvalue weighted by Crippen LogP contribution is 2.35. The standard InChI is InChI=1S/C14H14O5/c1-16-9-19-13-7-10(17-2)3-4-11(13)12-5-6-18-14(12)8-15/h3-8H,9H2,1-2H3. The molecule has 0 bridgehead atoms. The first-order chi connectivity index (χ1) is 9.30. The minimum absolute atomic E-state index is 0.106. The molecule has 0 radical (unpaired) electrons. The number of ether oxygens (including phenoxy) is 3. The summed E-state index contributed by atoms with van der Waals surface area (Å²) in [6.07, 6.45) is 2.13. The Hall–Kier alpha value is -2.27. The molecule has 2 aromatic rings. The first kappa shape index (κ1) is 13.2. The summed E-state index contributed by atoms with van der Waals surface area (Å²) in [7, 11) is 3.11. The Morgan fingerprint density at radius 1 is 1.21 bits per heavy atom. The summed E-state index contributed by atoms with van der Waals surface area (Å²) in [4.78, 5) is 10.9. The van der Waals surface area contributed by atoms with E-state index in [9.17, 15) is 4.79 Å². The predicted octanol–water partition coefficient (Wildman–Crippen LogP) is 2.75. The quantitative estimate of drug-likeness (QED) is 0.591. The Morgan fingerprint density at radius 3 is 2.74 bits per heavy atom. The van der Waals surface area contributed by atoms with E-state index >= 15 is 0 Å². The van der Waals surface area contributed by atoms with Gasteiger partial charge in [0.25, 0.3) is 0 Å². The van der Waals surface area contributed by atoms with E-state index in [-0.39, 0.29) is 12.6 Å². The molecule has 100 valence electrons. The molecule has 0 saturated heterocycles. The van der Waals surface area contributed by atoms with E-state index in [1.54, 1.807) is 25.3 Å². The summed E-state index contributed by atoms with van der Waals surface area (Å²) < 4.78 is 20.6. The molecule has 0 saturated carbocycles. The maximum Gasteiger partial charge on any atom is 0.188 e. The van der Waals surface area contributed by atoms with Crippen molar-refractivity contribution in [1.29, 1.82) is 0 Å². The zero-order valence-electron chi connectivity index (χ0n) is 10.7. The number of hydrogen-bond acceptors (Lipinski definition) is 5. The SMILES string of the molecule is COCOc1cc(OC)ccc1-c1ccoc1C=O. The minimum atomic E-state index is 0.106. The lowest BCUT2D eigenvalue weighted by molar-refractivity contribution is 0.0514. The molecule has 1 heterocycles. The number of aldehydes is 1. The van der Waals surface area contributed by atoms with Crippen LogP contribution in [0, 0.1) is 0 Å². The highest BCUT2D eigenvalue weighted by atomic mass is 16.7. The second-order valence-electron chi connectivity index (χ2n) is 3.73. The second-order valence-corrected chi connectivity index (χ2v) is 3.73. The molecule has 0 aliphatic carbocycles. The maximum absolute atomic E-state index is 10.9. The molecule has 0 fully saturated rings. The van der Waals surface area contributed by atoms with E-state index in [0.29, 0.717) is 23.3 Å². The van der Waals surface area contributed by atoms with E-state index in [1.165, 1.54) is 13.4 Å². The van der Waals surface area contributed by atoms with E-state index in [4.69, 9.17) is 18.6 Å². The Bertz CT molecular complexity index is 559. The molecule has 19 heavy (non-hydrogen) atoms. The Kier molecular flexibility index (Phi) is 4.20. The fourth-order valence-corrected chi connectivity index (χ4v) is 1.73. The Morgan fingerprint density at radius 2 is 2.05 bits per heavy atom. The number of methoxy groups -OCH3 is 2. The van der Waals surface area contributed by atoms with Gasteiger partial charge in [-0.25, -0.2) is 0 Å². The van der Waals surface area contributed by atoms with Crippen LogP contribution in [0.25, 0.3) is 11.1 Å². The molecule has 5 nitrogen and oxygen atoms in total. The van der Waals surface area contributed by atoms with Crippen LogP contribution in [0.4, 0.5) is 0 Å². The van der Waals surface area contributed by atoms with Gasteiger partial charge in [-0.05, 0) is 18.2 Å². The normalized spacial score (nSPS) is 10.2. The van der Waals surface area contributed by atoms with Gasteiger partial charge in [0.2, 0.25) is 0 Å². The van der Waals surface area contributed by atoms with Crippen LogP contribution in [0.3, 0.4) is 0 Å². The third kappa shape index (κ3) is 2.77.